The van der Waals surface area contributed by atoms with E-state index < -0.39 is 0 Å². The van der Waals surface area contributed by atoms with E-state index in [1.54, 1.807) is 23.1 Å². The zero-order valence-corrected chi connectivity index (χ0v) is 11.3. The van der Waals surface area contributed by atoms with Crippen LogP contribution < -0.4 is 10.1 Å². The standard InChI is InChI=1S/C12H14Cl2N2O2/c13-9-1-2-11(10(14)7-9)18-8-12(17)16-5-3-15-4-6-16/h1-2,7,15H,3-6,8H2. The lowest BCUT2D eigenvalue weighted by atomic mass is 10.3. The van der Waals surface area contributed by atoms with Gasteiger partial charge in [-0.15, -0.1) is 0 Å². The Morgan fingerprint density at radius 1 is 1.33 bits per heavy atom. The maximum absolute atomic E-state index is 11.9. The van der Waals surface area contributed by atoms with Crippen molar-refractivity contribution in [3.63, 3.8) is 0 Å². The van der Waals surface area contributed by atoms with Crippen molar-refractivity contribution in [2.75, 3.05) is 32.8 Å². The summed E-state index contributed by atoms with van der Waals surface area (Å²) < 4.78 is 5.40. The highest BCUT2D eigenvalue weighted by molar-refractivity contribution is 6.35. The summed E-state index contributed by atoms with van der Waals surface area (Å²) in [6.45, 7) is 3.09. The fourth-order valence-corrected chi connectivity index (χ4v) is 2.20. The first-order valence-corrected chi connectivity index (χ1v) is 6.49. The molecule has 2 rings (SSSR count). The van der Waals surface area contributed by atoms with E-state index in [2.05, 4.69) is 5.32 Å². The average molecular weight is 289 g/mol. The number of rotatable bonds is 3. The molecule has 0 atom stereocenters. The van der Waals surface area contributed by atoms with Crippen molar-refractivity contribution in [1.29, 1.82) is 0 Å². The fourth-order valence-electron chi connectivity index (χ4n) is 1.74. The van der Waals surface area contributed by atoms with Gasteiger partial charge in [-0.25, -0.2) is 0 Å². The third-order valence-electron chi connectivity index (χ3n) is 2.71. The van der Waals surface area contributed by atoms with E-state index >= 15 is 0 Å². The molecule has 1 N–H and O–H groups in total. The molecule has 1 fully saturated rings. The molecule has 1 amide bonds. The highest BCUT2D eigenvalue weighted by Crippen LogP contribution is 2.27. The van der Waals surface area contributed by atoms with Crippen LogP contribution in [0.5, 0.6) is 5.75 Å². The van der Waals surface area contributed by atoms with Crippen LogP contribution in [0.4, 0.5) is 0 Å². The Morgan fingerprint density at radius 3 is 2.72 bits per heavy atom. The van der Waals surface area contributed by atoms with Crippen LogP contribution in [-0.2, 0) is 4.79 Å². The number of carbonyl (C=O) groups excluding carboxylic acids is 1. The molecule has 1 saturated heterocycles. The van der Waals surface area contributed by atoms with Crippen LogP contribution in [0.1, 0.15) is 0 Å². The van der Waals surface area contributed by atoms with Crippen LogP contribution in [0.15, 0.2) is 18.2 Å². The monoisotopic (exact) mass is 288 g/mol. The minimum atomic E-state index is -0.0254. The maximum Gasteiger partial charge on any atom is 0.260 e. The second-order valence-corrected chi connectivity index (χ2v) is 4.84. The van der Waals surface area contributed by atoms with Gasteiger partial charge >= 0.3 is 0 Å². The van der Waals surface area contributed by atoms with Crippen LogP contribution in [0.25, 0.3) is 0 Å². The van der Waals surface area contributed by atoms with Crippen molar-refractivity contribution in [3.8, 4) is 5.75 Å². The number of nitrogens with one attached hydrogen (secondary N) is 1. The number of nitrogens with zero attached hydrogens (tertiary/aromatic N) is 1. The van der Waals surface area contributed by atoms with Gasteiger partial charge in [-0.05, 0) is 18.2 Å². The van der Waals surface area contributed by atoms with Gasteiger partial charge in [0.25, 0.3) is 5.91 Å². The molecule has 1 aromatic rings. The van der Waals surface area contributed by atoms with E-state index in [4.69, 9.17) is 27.9 Å². The molecule has 98 valence electrons. The lowest BCUT2D eigenvalue weighted by Crippen LogP contribution is -2.47. The third-order valence-corrected chi connectivity index (χ3v) is 3.25. The summed E-state index contributed by atoms with van der Waals surface area (Å²) in [6.07, 6.45) is 0. The average Bonchev–Trinajstić information content (AvgIpc) is 2.38. The van der Waals surface area contributed by atoms with E-state index in [9.17, 15) is 4.79 Å². The first kappa shape index (κ1) is 13.5. The Labute approximate surface area is 116 Å². The fraction of sp³-hybridized carbons (Fsp3) is 0.417. The van der Waals surface area contributed by atoms with Gasteiger partial charge in [0.1, 0.15) is 5.75 Å². The van der Waals surface area contributed by atoms with E-state index in [-0.39, 0.29) is 12.5 Å². The second kappa shape index (κ2) is 6.27. The molecule has 1 aromatic carbocycles. The summed E-state index contributed by atoms with van der Waals surface area (Å²) >= 11 is 11.7. The number of amides is 1. The molecule has 1 heterocycles. The second-order valence-electron chi connectivity index (χ2n) is 3.99. The van der Waals surface area contributed by atoms with E-state index in [0.29, 0.717) is 15.8 Å². The summed E-state index contributed by atoms with van der Waals surface area (Å²) in [6, 6.07) is 4.93. The van der Waals surface area contributed by atoms with Crippen molar-refractivity contribution in [2.45, 2.75) is 0 Å². The number of piperazine rings is 1. The lowest BCUT2D eigenvalue weighted by molar-refractivity contribution is -0.133. The summed E-state index contributed by atoms with van der Waals surface area (Å²) in [5.41, 5.74) is 0. The van der Waals surface area contributed by atoms with Gasteiger partial charge in [0, 0.05) is 31.2 Å². The molecule has 0 aliphatic carbocycles. The van der Waals surface area contributed by atoms with Crippen LogP contribution in [0.3, 0.4) is 0 Å². The molecule has 1 aliphatic heterocycles. The zero-order valence-electron chi connectivity index (χ0n) is 9.79. The van der Waals surface area contributed by atoms with Crippen molar-refractivity contribution in [3.05, 3.63) is 28.2 Å². The highest BCUT2D eigenvalue weighted by Gasteiger charge is 2.16. The summed E-state index contributed by atoms with van der Waals surface area (Å²) in [7, 11) is 0. The number of carbonyl (C=O) groups is 1. The molecule has 0 unspecified atom stereocenters. The Kier molecular flexibility index (Phi) is 4.69. The molecular formula is C12H14Cl2N2O2. The first-order chi connectivity index (χ1) is 8.66. The van der Waals surface area contributed by atoms with Gasteiger partial charge in [0.05, 0.1) is 5.02 Å². The number of hydrogen-bond acceptors (Lipinski definition) is 3. The number of hydrogen-bond donors (Lipinski definition) is 1. The molecule has 0 saturated carbocycles. The zero-order chi connectivity index (χ0) is 13.0. The SMILES string of the molecule is O=C(COc1ccc(Cl)cc1Cl)N1CCNCC1. The van der Waals surface area contributed by atoms with Gasteiger partial charge in [-0.3, -0.25) is 4.79 Å². The van der Waals surface area contributed by atoms with Crippen molar-refractivity contribution in [1.82, 2.24) is 10.2 Å². The lowest BCUT2D eigenvalue weighted by Gasteiger charge is -2.27. The van der Waals surface area contributed by atoms with Gasteiger partial charge in [0.15, 0.2) is 6.61 Å². The molecule has 4 nitrogen and oxygen atoms in total. The predicted octanol–water partition coefficient (Wildman–Crippen LogP) is 1.80. The summed E-state index contributed by atoms with van der Waals surface area (Å²) in [5, 5.41) is 4.14. The van der Waals surface area contributed by atoms with Gasteiger partial charge in [-0.1, -0.05) is 23.2 Å². The smallest absolute Gasteiger partial charge is 0.260 e. The molecular weight excluding hydrogens is 275 g/mol. The van der Waals surface area contributed by atoms with Gasteiger partial charge < -0.3 is 15.0 Å². The summed E-state index contributed by atoms with van der Waals surface area (Å²) in [5.74, 6) is 0.451. The quantitative estimate of drug-likeness (QED) is 0.922. The Morgan fingerprint density at radius 2 is 2.06 bits per heavy atom. The topological polar surface area (TPSA) is 41.6 Å². The Hall–Kier alpha value is -0.970. The number of halogens is 2. The molecule has 0 aromatic heterocycles. The van der Waals surface area contributed by atoms with E-state index in [1.807, 2.05) is 0 Å². The molecule has 18 heavy (non-hydrogen) atoms. The van der Waals surface area contributed by atoms with Crippen LogP contribution in [-0.4, -0.2) is 43.6 Å². The molecule has 0 bridgehead atoms. The normalized spacial score (nSPS) is 15.6. The third kappa shape index (κ3) is 3.51. The predicted molar refractivity (Wildman–Crippen MR) is 71.4 cm³/mol. The van der Waals surface area contributed by atoms with Crippen LogP contribution >= 0.6 is 23.2 Å². The van der Waals surface area contributed by atoms with Crippen molar-refractivity contribution in [2.24, 2.45) is 0 Å². The van der Waals surface area contributed by atoms with Crippen LogP contribution in [0.2, 0.25) is 10.0 Å². The largest absolute Gasteiger partial charge is 0.482 e. The van der Waals surface area contributed by atoms with E-state index in [0.717, 1.165) is 26.2 Å². The minimum Gasteiger partial charge on any atom is -0.482 e. The van der Waals surface area contributed by atoms with Crippen molar-refractivity contribution >= 4 is 29.1 Å². The molecule has 0 spiro atoms. The molecule has 1 aliphatic rings. The summed E-state index contributed by atoms with van der Waals surface area (Å²) in [4.78, 5) is 13.6. The van der Waals surface area contributed by atoms with Crippen molar-refractivity contribution < 1.29 is 9.53 Å². The number of benzene rings is 1. The van der Waals surface area contributed by atoms with Gasteiger partial charge in [-0.2, -0.15) is 0 Å². The Bertz CT molecular complexity index is 434. The Balaban J connectivity index is 1.88. The maximum atomic E-state index is 11.9. The minimum absolute atomic E-state index is 0.00134. The highest BCUT2D eigenvalue weighted by atomic mass is 35.5. The molecule has 6 heteroatoms. The first-order valence-electron chi connectivity index (χ1n) is 5.73. The van der Waals surface area contributed by atoms with E-state index in [1.165, 1.54) is 0 Å². The number of ether oxygens (including phenoxy) is 1. The van der Waals surface area contributed by atoms with Gasteiger partial charge in [0.2, 0.25) is 0 Å². The molecule has 0 radical (unpaired) electrons. The van der Waals surface area contributed by atoms with Crippen LogP contribution in [0, 0.1) is 0 Å².